The van der Waals surface area contributed by atoms with E-state index in [0.717, 1.165) is 13.0 Å². The Hall–Kier alpha value is -5.08. The maximum atomic E-state index is 3.60. The predicted molar refractivity (Wildman–Crippen MR) is 200 cm³/mol. The predicted octanol–water partition coefficient (Wildman–Crippen LogP) is 11.3. The van der Waals surface area contributed by atoms with E-state index in [1.54, 1.807) is 0 Å². The highest BCUT2D eigenvalue weighted by Gasteiger charge is 2.27. The van der Waals surface area contributed by atoms with Crippen molar-refractivity contribution in [3.05, 3.63) is 162 Å². The van der Waals surface area contributed by atoms with Crippen LogP contribution in [0.4, 0.5) is 0 Å². The molecule has 0 saturated heterocycles. The minimum Gasteiger partial charge on any atom is -0.385 e. The second-order valence-electron chi connectivity index (χ2n) is 12.4. The minimum absolute atomic E-state index is 0.154. The van der Waals surface area contributed by atoms with Gasteiger partial charge in [-0.3, -0.25) is 0 Å². The molecule has 5 aromatic carbocycles. The second kappa shape index (κ2) is 12.7. The number of fused-ring (bicyclic) bond motifs is 3. The molecule has 0 spiro atoms. The van der Waals surface area contributed by atoms with Crippen molar-refractivity contribution in [2.45, 2.75) is 40.2 Å². The van der Waals surface area contributed by atoms with Crippen LogP contribution in [0.1, 0.15) is 51.3 Å². The van der Waals surface area contributed by atoms with Crippen molar-refractivity contribution in [2.75, 3.05) is 6.54 Å². The molecule has 0 fully saturated rings. The number of likely N-dealkylation sites (N-methyl/N-ethyl adjacent to an activating group) is 1. The maximum absolute atomic E-state index is 3.60. The Morgan fingerprint density at radius 1 is 0.804 bits per heavy atom. The fraction of sp³-hybridized carbons (Fsp3) is 0.182. The first-order valence-corrected chi connectivity index (χ1v) is 16.6. The highest BCUT2D eigenvalue weighted by atomic mass is 15.0. The average Bonchev–Trinajstić information content (AvgIpc) is 3.07. The Balaban J connectivity index is 1.46. The summed E-state index contributed by atoms with van der Waals surface area (Å²) in [7, 11) is 0. The maximum Gasteiger partial charge on any atom is 0.0802 e. The van der Waals surface area contributed by atoms with E-state index in [2.05, 4.69) is 172 Å². The van der Waals surface area contributed by atoms with Crippen LogP contribution in [-0.4, -0.2) is 6.54 Å². The number of benzene rings is 5. The molecule has 0 amide bonds. The molecule has 1 heterocycles. The van der Waals surface area contributed by atoms with Crippen molar-refractivity contribution in [3.63, 3.8) is 0 Å². The first-order valence-electron chi connectivity index (χ1n) is 16.6. The molecule has 2 nitrogen and oxygen atoms in total. The summed E-state index contributed by atoms with van der Waals surface area (Å²) >= 11 is 0. The van der Waals surface area contributed by atoms with E-state index in [9.17, 15) is 0 Å². The van der Waals surface area contributed by atoms with Crippen LogP contribution < -0.4 is 10.6 Å². The van der Waals surface area contributed by atoms with Gasteiger partial charge in [-0.2, -0.15) is 0 Å². The van der Waals surface area contributed by atoms with Gasteiger partial charge in [0.25, 0.3) is 0 Å². The van der Waals surface area contributed by atoms with Gasteiger partial charge in [-0.15, -0.1) is 0 Å². The van der Waals surface area contributed by atoms with Gasteiger partial charge in [0.15, 0.2) is 0 Å². The molecule has 0 radical (unpaired) electrons. The van der Waals surface area contributed by atoms with Crippen LogP contribution in [0.25, 0.3) is 49.0 Å². The number of allylic oxidation sites excluding steroid dienone is 9. The molecule has 0 bridgehead atoms. The highest BCUT2D eigenvalue weighted by Crippen LogP contribution is 2.45. The van der Waals surface area contributed by atoms with Crippen LogP contribution in [0.3, 0.4) is 0 Å². The Morgan fingerprint density at radius 2 is 1.46 bits per heavy atom. The number of hydrogen-bond donors (Lipinski definition) is 2. The van der Waals surface area contributed by atoms with Crippen molar-refractivity contribution in [2.24, 2.45) is 5.92 Å². The molecule has 2 heteroatoms. The zero-order valence-electron chi connectivity index (χ0n) is 27.3. The molecule has 0 saturated carbocycles. The monoisotopic (exact) mass is 598 g/mol. The highest BCUT2D eigenvalue weighted by molar-refractivity contribution is 6.22. The van der Waals surface area contributed by atoms with Gasteiger partial charge in [0, 0.05) is 24.0 Å². The van der Waals surface area contributed by atoms with E-state index >= 15 is 0 Å². The smallest absolute Gasteiger partial charge is 0.0802 e. The molecule has 46 heavy (non-hydrogen) atoms. The minimum atomic E-state index is 0.154. The van der Waals surface area contributed by atoms with Crippen LogP contribution >= 0.6 is 0 Å². The van der Waals surface area contributed by atoms with Crippen molar-refractivity contribution in [3.8, 4) is 11.1 Å². The van der Waals surface area contributed by atoms with Gasteiger partial charge in [-0.1, -0.05) is 140 Å². The van der Waals surface area contributed by atoms with Crippen LogP contribution in [0, 0.1) is 5.92 Å². The summed E-state index contributed by atoms with van der Waals surface area (Å²) < 4.78 is 0. The summed E-state index contributed by atoms with van der Waals surface area (Å²) in [5.74, 6) is 0.310. The lowest BCUT2D eigenvalue weighted by atomic mass is 9.82. The third kappa shape index (κ3) is 5.28. The molecule has 228 valence electrons. The van der Waals surface area contributed by atoms with Gasteiger partial charge >= 0.3 is 0 Å². The quantitative estimate of drug-likeness (QED) is 0.190. The molecular weight excluding hydrogens is 556 g/mol. The van der Waals surface area contributed by atoms with Crippen molar-refractivity contribution in [1.82, 2.24) is 10.6 Å². The molecule has 0 aromatic heterocycles. The standard InChI is InChI=1S/C44H42N2/c1-5-41(45-6-2)40-28-46-44(40)39-24-14-21-32-33(39)22-13-23-34(32)43-37-19-11-9-17-35(37)42(36-18-10-12-20-38(36)43)31-16-8-7-15-29(3)25-26-30(4)27-31/h5,8-28,30,44-46H,6-7H2,1-4H3/b16-8-,26-25-,29-15-,31-27+,41-5-. The Bertz CT molecular complexity index is 2090. The Kier molecular flexibility index (Phi) is 8.20. The van der Waals surface area contributed by atoms with E-state index in [1.807, 2.05) is 0 Å². The largest absolute Gasteiger partial charge is 0.385 e. The third-order valence-electron chi connectivity index (χ3n) is 9.42. The molecule has 5 aromatic rings. The Labute approximate surface area is 273 Å². The number of hydrogen-bond acceptors (Lipinski definition) is 2. The van der Waals surface area contributed by atoms with Gasteiger partial charge in [0.2, 0.25) is 0 Å². The molecule has 1 aliphatic heterocycles. The SMILES string of the molecule is C/C=C(\NCC)C1=CNC1c1cccc2c(-c3c4ccccc4c(C4=C/C(C)/C=C\C(C)=C/C/C=C\4)c4ccccc34)cccc12. The Morgan fingerprint density at radius 3 is 2.11 bits per heavy atom. The van der Waals surface area contributed by atoms with Gasteiger partial charge in [-0.05, 0) is 93.3 Å². The molecule has 2 atom stereocenters. The van der Waals surface area contributed by atoms with E-state index in [0.29, 0.717) is 5.92 Å². The van der Waals surface area contributed by atoms with Gasteiger partial charge < -0.3 is 10.6 Å². The first-order chi connectivity index (χ1) is 22.6. The molecular formula is C44H42N2. The molecule has 1 aliphatic carbocycles. The van der Waals surface area contributed by atoms with Crippen LogP contribution in [0.15, 0.2) is 151 Å². The molecule has 7 rings (SSSR count). The van der Waals surface area contributed by atoms with E-state index in [1.165, 1.54) is 77.0 Å². The van der Waals surface area contributed by atoms with Crippen molar-refractivity contribution >= 4 is 37.9 Å². The van der Waals surface area contributed by atoms with E-state index < -0.39 is 0 Å². The molecule has 2 unspecified atom stereocenters. The molecule has 2 N–H and O–H groups in total. The zero-order chi connectivity index (χ0) is 31.6. The number of nitrogens with one attached hydrogen (secondary N) is 2. The van der Waals surface area contributed by atoms with Crippen LogP contribution in [0.2, 0.25) is 0 Å². The van der Waals surface area contributed by atoms with E-state index in [4.69, 9.17) is 0 Å². The summed E-state index contributed by atoms with van der Waals surface area (Å²) in [6.07, 6.45) is 19.2. The van der Waals surface area contributed by atoms with E-state index in [-0.39, 0.29) is 6.04 Å². The summed E-state index contributed by atoms with van der Waals surface area (Å²) in [6.45, 7) is 9.62. The topological polar surface area (TPSA) is 24.1 Å². The lowest BCUT2D eigenvalue weighted by molar-refractivity contribution is 0.625. The molecule has 2 aliphatic rings. The van der Waals surface area contributed by atoms with Crippen LogP contribution in [-0.2, 0) is 0 Å². The zero-order valence-corrected chi connectivity index (χ0v) is 27.3. The summed E-state index contributed by atoms with van der Waals surface area (Å²) in [4.78, 5) is 0. The average molecular weight is 599 g/mol. The second-order valence-corrected chi connectivity index (χ2v) is 12.4. The first kappa shape index (κ1) is 29.6. The normalized spacial score (nSPS) is 22.2. The third-order valence-corrected chi connectivity index (χ3v) is 9.42. The van der Waals surface area contributed by atoms with Crippen molar-refractivity contribution < 1.29 is 0 Å². The fourth-order valence-electron chi connectivity index (χ4n) is 7.22. The summed E-state index contributed by atoms with van der Waals surface area (Å²) in [5, 5.41) is 14.8. The van der Waals surface area contributed by atoms with Crippen molar-refractivity contribution in [1.29, 1.82) is 0 Å². The number of rotatable bonds is 6. The lowest BCUT2D eigenvalue weighted by Crippen LogP contribution is -2.33. The van der Waals surface area contributed by atoms with Gasteiger partial charge in [0.1, 0.15) is 0 Å². The van der Waals surface area contributed by atoms with Crippen LogP contribution in [0.5, 0.6) is 0 Å². The van der Waals surface area contributed by atoms with Gasteiger partial charge in [-0.25, -0.2) is 0 Å². The van der Waals surface area contributed by atoms with Gasteiger partial charge in [0.05, 0.1) is 6.04 Å². The lowest BCUT2D eigenvalue weighted by Gasteiger charge is -2.32. The fourth-order valence-corrected chi connectivity index (χ4v) is 7.22. The summed E-state index contributed by atoms with van der Waals surface area (Å²) in [6, 6.07) is 31.8. The summed E-state index contributed by atoms with van der Waals surface area (Å²) in [5.41, 5.74) is 10.3.